The Bertz CT molecular complexity index is 425. The second-order valence-electron chi connectivity index (χ2n) is 3.14. The lowest BCUT2D eigenvalue weighted by Crippen LogP contribution is -2.14. The van der Waals surface area contributed by atoms with E-state index in [1.165, 1.54) is 0 Å². The van der Waals surface area contributed by atoms with Gasteiger partial charge in [0.15, 0.2) is 0 Å². The zero-order valence-corrected chi connectivity index (χ0v) is 9.95. The van der Waals surface area contributed by atoms with Crippen molar-refractivity contribution >= 4 is 33.5 Å². The summed E-state index contributed by atoms with van der Waals surface area (Å²) in [5.74, 6) is -1.55. The minimum atomic E-state index is -1.16. The first-order valence-electron chi connectivity index (χ1n) is 4.45. The van der Waals surface area contributed by atoms with E-state index >= 15 is 0 Å². The number of hydrogen-bond donors (Lipinski definition) is 2. The van der Waals surface area contributed by atoms with Crippen molar-refractivity contribution in [3.8, 4) is 0 Å². The maximum Gasteiger partial charge on any atom is 0.331 e. The number of hydrogen-bond acceptors (Lipinski definition) is 2. The van der Waals surface area contributed by atoms with Crippen LogP contribution in [0, 0.1) is 0 Å². The average molecular weight is 284 g/mol. The van der Waals surface area contributed by atoms with Crippen molar-refractivity contribution in [1.82, 2.24) is 0 Å². The highest BCUT2D eigenvalue weighted by atomic mass is 79.9. The molecule has 0 aliphatic rings. The highest BCUT2D eigenvalue weighted by Gasteiger charge is 2.10. The van der Waals surface area contributed by atoms with Crippen LogP contribution in [0.15, 0.2) is 40.9 Å². The van der Waals surface area contributed by atoms with E-state index in [0.29, 0.717) is 5.69 Å². The van der Waals surface area contributed by atoms with E-state index in [-0.39, 0.29) is 12.0 Å². The summed E-state index contributed by atoms with van der Waals surface area (Å²) in [6, 6.07) is 6.99. The van der Waals surface area contributed by atoms with Gasteiger partial charge in [0.2, 0.25) is 5.91 Å². The van der Waals surface area contributed by atoms with Gasteiger partial charge in [-0.25, -0.2) is 4.79 Å². The second kappa shape index (κ2) is 5.46. The molecule has 84 valence electrons. The Labute approximate surface area is 101 Å². The molecule has 0 fully saturated rings. The molecular weight excluding hydrogens is 274 g/mol. The molecule has 1 aromatic carbocycles. The van der Waals surface area contributed by atoms with Crippen LogP contribution in [-0.2, 0) is 9.59 Å². The van der Waals surface area contributed by atoms with E-state index < -0.39 is 11.9 Å². The zero-order valence-electron chi connectivity index (χ0n) is 8.37. The Morgan fingerprint density at radius 3 is 2.38 bits per heavy atom. The van der Waals surface area contributed by atoms with Crippen LogP contribution < -0.4 is 5.32 Å². The summed E-state index contributed by atoms with van der Waals surface area (Å²) in [5, 5.41) is 11.1. The van der Waals surface area contributed by atoms with E-state index in [9.17, 15) is 9.59 Å². The van der Waals surface area contributed by atoms with Crippen LogP contribution in [0.2, 0.25) is 0 Å². The second-order valence-corrected chi connectivity index (χ2v) is 4.06. The van der Waals surface area contributed by atoms with Gasteiger partial charge in [-0.3, -0.25) is 4.79 Å². The van der Waals surface area contributed by atoms with Crippen molar-refractivity contribution in [3.63, 3.8) is 0 Å². The number of carbonyl (C=O) groups is 2. The van der Waals surface area contributed by atoms with Gasteiger partial charge in [0.25, 0.3) is 0 Å². The molecule has 0 spiro atoms. The van der Waals surface area contributed by atoms with Crippen LogP contribution in [-0.4, -0.2) is 17.0 Å². The molecule has 0 saturated heterocycles. The number of benzene rings is 1. The monoisotopic (exact) mass is 283 g/mol. The molecule has 1 amide bonds. The molecular formula is C11H10BrNO3. The highest BCUT2D eigenvalue weighted by Crippen LogP contribution is 2.14. The Balaban J connectivity index is 2.55. The third-order valence-electron chi connectivity index (χ3n) is 1.80. The Kier molecular flexibility index (Phi) is 4.25. The number of anilines is 1. The summed E-state index contributed by atoms with van der Waals surface area (Å²) in [6.07, 6.45) is -0.217. The molecule has 4 nitrogen and oxygen atoms in total. The molecule has 2 N–H and O–H groups in total. The number of rotatable bonds is 4. The van der Waals surface area contributed by atoms with Crippen molar-refractivity contribution in [2.24, 2.45) is 0 Å². The normalized spacial score (nSPS) is 9.56. The van der Waals surface area contributed by atoms with Crippen LogP contribution in [0.4, 0.5) is 5.69 Å². The highest BCUT2D eigenvalue weighted by molar-refractivity contribution is 9.10. The van der Waals surface area contributed by atoms with Crippen molar-refractivity contribution in [2.45, 2.75) is 6.42 Å². The van der Waals surface area contributed by atoms with Crippen molar-refractivity contribution in [2.75, 3.05) is 5.32 Å². The fourth-order valence-corrected chi connectivity index (χ4v) is 1.27. The Morgan fingerprint density at radius 2 is 1.88 bits per heavy atom. The molecule has 0 bridgehead atoms. The third kappa shape index (κ3) is 3.86. The summed E-state index contributed by atoms with van der Waals surface area (Å²) < 4.78 is 0.903. The fraction of sp³-hybridized carbons (Fsp3) is 0.0909. The van der Waals surface area contributed by atoms with Crippen LogP contribution in [0.3, 0.4) is 0 Å². The number of amides is 1. The SMILES string of the molecule is C=C(CC(=O)Nc1ccc(Br)cc1)C(=O)O. The summed E-state index contributed by atoms with van der Waals surface area (Å²) in [4.78, 5) is 21.8. The lowest BCUT2D eigenvalue weighted by Gasteiger charge is -2.04. The van der Waals surface area contributed by atoms with Crippen LogP contribution in [0.5, 0.6) is 0 Å². The minimum Gasteiger partial charge on any atom is -0.478 e. The molecule has 0 aliphatic heterocycles. The molecule has 0 atom stereocenters. The quantitative estimate of drug-likeness (QED) is 0.834. The predicted molar refractivity (Wildman–Crippen MR) is 64.2 cm³/mol. The van der Waals surface area contributed by atoms with Crippen LogP contribution >= 0.6 is 15.9 Å². The van der Waals surface area contributed by atoms with Gasteiger partial charge in [0.05, 0.1) is 6.42 Å². The molecule has 5 heteroatoms. The molecule has 0 unspecified atom stereocenters. The fourth-order valence-electron chi connectivity index (χ4n) is 1.01. The Hall–Kier alpha value is -1.62. The largest absolute Gasteiger partial charge is 0.478 e. The van der Waals surface area contributed by atoms with Crippen molar-refractivity contribution < 1.29 is 14.7 Å². The van der Waals surface area contributed by atoms with Crippen molar-refractivity contribution in [1.29, 1.82) is 0 Å². The van der Waals surface area contributed by atoms with Gasteiger partial charge >= 0.3 is 5.97 Å². The number of carbonyl (C=O) groups excluding carboxylic acids is 1. The number of nitrogens with one attached hydrogen (secondary N) is 1. The third-order valence-corrected chi connectivity index (χ3v) is 2.33. The molecule has 0 aliphatic carbocycles. The number of carboxylic acids is 1. The summed E-state index contributed by atoms with van der Waals surface area (Å²) in [5.41, 5.74) is 0.487. The minimum absolute atomic E-state index is 0.130. The maximum atomic E-state index is 11.4. The zero-order chi connectivity index (χ0) is 12.1. The maximum absolute atomic E-state index is 11.4. The van der Waals surface area contributed by atoms with E-state index in [1.807, 2.05) is 0 Å². The van der Waals surface area contributed by atoms with Crippen LogP contribution in [0.25, 0.3) is 0 Å². The molecule has 0 heterocycles. The van der Waals surface area contributed by atoms with Gasteiger partial charge < -0.3 is 10.4 Å². The van der Waals surface area contributed by atoms with Gasteiger partial charge in [-0.05, 0) is 24.3 Å². The Morgan fingerprint density at radius 1 is 1.31 bits per heavy atom. The van der Waals surface area contributed by atoms with Gasteiger partial charge in [-0.15, -0.1) is 0 Å². The summed E-state index contributed by atoms with van der Waals surface area (Å²) in [7, 11) is 0. The molecule has 0 radical (unpaired) electrons. The topological polar surface area (TPSA) is 66.4 Å². The van der Waals surface area contributed by atoms with Gasteiger partial charge in [0.1, 0.15) is 0 Å². The molecule has 0 aromatic heterocycles. The molecule has 1 rings (SSSR count). The molecule has 1 aromatic rings. The number of halogens is 1. The predicted octanol–water partition coefficient (Wildman–Crippen LogP) is 2.42. The van der Waals surface area contributed by atoms with Crippen LogP contribution in [0.1, 0.15) is 6.42 Å². The van der Waals surface area contributed by atoms with E-state index in [0.717, 1.165) is 4.47 Å². The number of carboxylic acid groups (broad SMARTS) is 1. The van der Waals surface area contributed by atoms with E-state index in [1.54, 1.807) is 24.3 Å². The number of aliphatic carboxylic acids is 1. The summed E-state index contributed by atoms with van der Waals surface area (Å²) >= 11 is 3.27. The smallest absolute Gasteiger partial charge is 0.331 e. The van der Waals surface area contributed by atoms with Gasteiger partial charge in [-0.2, -0.15) is 0 Å². The van der Waals surface area contributed by atoms with Gasteiger partial charge in [-0.1, -0.05) is 22.5 Å². The first-order valence-corrected chi connectivity index (χ1v) is 5.25. The summed E-state index contributed by atoms with van der Waals surface area (Å²) in [6.45, 7) is 3.28. The van der Waals surface area contributed by atoms with E-state index in [2.05, 4.69) is 27.8 Å². The van der Waals surface area contributed by atoms with E-state index in [4.69, 9.17) is 5.11 Å². The average Bonchev–Trinajstić information content (AvgIpc) is 2.21. The lowest BCUT2D eigenvalue weighted by atomic mass is 10.2. The lowest BCUT2D eigenvalue weighted by molar-refractivity contribution is -0.133. The van der Waals surface area contributed by atoms with Crippen molar-refractivity contribution in [3.05, 3.63) is 40.9 Å². The first kappa shape index (κ1) is 12.4. The standard InChI is InChI=1S/C11H10BrNO3/c1-7(11(15)16)6-10(14)13-9-4-2-8(12)3-5-9/h2-5H,1,6H2,(H,13,14)(H,15,16). The molecule has 0 saturated carbocycles. The van der Waals surface area contributed by atoms with Gasteiger partial charge in [0, 0.05) is 15.7 Å². The molecule has 16 heavy (non-hydrogen) atoms. The first-order chi connectivity index (χ1) is 7.49.